The van der Waals surface area contributed by atoms with Crippen molar-refractivity contribution in [2.75, 3.05) is 31.6 Å². The number of thiocarbonyl (C=S) groups is 1. The van der Waals surface area contributed by atoms with Gasteiger partial charge in [0.1, 0.15) is 10.8 Å². The van der Waals surface area contributed by atoms with Gasteiger partial charge in [0.25, 0.3) is 0 Å². The van der Waals surface area contributed by atoms with Crippen LogP contribution in [0.15, 0.2) is 0 Å². The number of hydrogen-bond acceptors (Lipinski definition) is 4. The number of carbonyl (C=O) groups excluding carboxylic acids is 1. The summed E-state index contributed by atoms with van der Waals surface area (Å²) in [6.45, 7) is 7.48. The molecule has 112 valence electrons. The van der Waals surface area contributed by atoms with Crippen molar-refractivity contribution in [3.63, 3.8) is 0 Å². The normalized spacial score (nSPS) is 10.4. The van der Waals surface area contributed by atoms with Crippen LogP contribution >= 0.6 is 12.2 Å². The zero-order valence-electron chi connectivity index (χ0n) is 12.8. The molecule has 0 radical (unpaired) electrons. The van der Waals surface area contributed by atoms with Crippen LogP contribution in [-0.2, 0) is 11.8 Å². The summed E-state index contributed by atoms with van der Waals surface area (Å²) in [5.41, 5.74) is 7.27. The number of nitrogens with zero attached hydrogens (tertiary/aromatic N) is 4. The minimum atomic E-state index is 0.0743. The summed E-state index contributed by atoms with van der Waals surface area (Å²) in [6.07, 6.45) is 0. The fourth-order valence-electron chi connectivity index (χ4n) is 2.33. The number of rotatable bonds is 6. The molecule has 7 heteroatoms. The van der Waals surface area contributed by atoms with Gasteiger partial charge in [0, 0.05) is 27.2 Å². The van der Waals surface area contributed by atoms with Crippen molar-refractivity contribution in [2.24, 2.45) is 12.8 Å². The van der Waals surface area contributed by atoms with E-state index in [-0.39, 0.29) is 12.5 Å². The Morgan fingerprint density at radius 1 is 1.40 bits per heavy atom. The highest BCUT2D eigenvalue weighted by Gasteiger charge is 2.21. The summed E-state index contributed by atoms with van der Waals surface area (Å²) in [4.78, 5) is 16.1. The van der Waals surface area contributed by atoms with Crippen LogP contribution in [0.1, 0.15) is 25.1 Å². The quantitative estimate of drug-likeness (QED) is 0.782. The third kappa shape index (κ3) is 3.27. The Labute approximate surface area is 125 Å². The number of carbonyl (C=O) groups is 1. The Morgan fingerprint density at radius 3 is 2.40 bits per heavy atom. The second-order valence-corrected chi connectivity index (χ2v) is 5.13. The van der Waals surface area contributed by atoms with E-state index in [0.717, 1.165) is 17.1 Å². The number of aryl methyl sites for hydroxylation is 2. The summed E-state index contributed by atoms with van der Waals surface area (Å²) in [5, 5.41) is 4.33. The first-order valence-corrected chi connectivity index (χ1v) is 7.06. The van der Waals surface area contributed by atoms with Crippen molar-refractivity contribution in [3.8, 4) is 0 Å². The van der Waals surface area contributed by atoms with Crippen LogP contribution in [0.25, 0.3) is 0 Å². The Morgan fingerprint density at radius 2 is 1.95 bits per heavy atom. The van der Waals surface area contributed by atoms with E-state index in [4.69, 9.17) is 18.0 Å². The minimum absolute atomic E-state index is 0.0743. The van der Waals surface area contributed by atoms with Crippen molar-refractivity contribution in [1.29, 1.82) is 0 Å². The number of aromatic nitrogens is 2. The lowest BCUT2D eigenvalue weighted by Crippen LogP contribution is -2.39. The SMILES string of the molecule is CCN(CC)C(=O)CN(C)c1c(C(N)=S)c(C)nn1C. The van der Waals surface area contributed by atoms with Gasteiger partial charge in [-0.15, -0.1) is 0 Å². The molecule has 1 heterocycles. The zero-order valence-corrected chi connectivity index (χ0v) is 13.6. The van der Waals surface area contributed by atoms with Crippen LogP contribution in [0.5, 0.6) is 0 Å². The van der Waals surface area contributed by atoms with E-state index in [1.807, 2.05) is 39.8 Å². The van der Waals surface area contributed by atoms with Crippen LogP contribution in [0.3, 0.4) is 0 Å². The van der Waals surface area contributed by atoms with Crippen LogP contribution in [-0.4, -0.2) is 52.3 Å². The molecule has 0 aromatic carbocycles. The summed E-state index contributed by atoms with van der Waals surface area (Å²) in [7, 11) is 3.67. The Balaban J connectivity index is 3.01. The van der Waals surface area contributed by atoms with E-state index >= 15 is 0 Å². The molecule has 0 unspecified atom stereocenters. The van der Waals surface area contributed by atoms with Gasteiger partial charge in [0.05, 0.1) is 17.8 Å². The van der Waals surface area contributed by atoms with E-state index in [2.05, 4.69) is 5.10 Å². The molecule has 6 nitrogen and oxygen atoms in total. The van der Waals surface area contributed by atoms with E-state index < -0.39 is 0 Å². The van der Waals surface area contributed by atoms with E-state index in [1.165, 1.54) is 0 Å². The summed E-state index contributed by atoms with van der Waals surface area (Å²) in [5.74, 6) is 0.848. The number of amides is 1. The first-order valence-electron chi connectivity index (χ1n) is 6.65. The van der Waals surface area contributed by atoms with Crippen LogP contribution in [0, 0.1) is 6.92 Å². The van der Waals surface area contributed by atoms with Crippen LogP contribution in [0.2, 0.25) is 0 Å². The second-order valence-electron chi connectivity index (χ2n) is 4.69. The van der Waals surface area contributed by atoms with Gasteiger partial charge < -0.3 is 15.5 Å². The topological polar surface area (TPSA) is 67.4 Å². The molecule has 0 aliphatic carbocycles. The molecule has 20 heavy (non-hydrogen) atoms. The summed E-state index contributed by atoms with van der Waals surface area (Å²) < 4.78 is 1.71. The molecular weight excluding hydrogens is 274 g/mol. The Kier molecular flexibility index (Phi) is 5.50. The average molecular weight is 297 g/mol. The number of anilines is 1. The zero-order chi connectivity index (χ0) is 15.4. The highest BCUT2D eigenvalue weighted by atomic mass is 32.1. The smallest absolute Gasteiger partial charge is 0.242 e. The molecule has 0 spiro atoms. The lowest BCUT2D eigenvalue weighted by atomic mass is 10.2. The van der Waals surface area contributed by atoms with Crippen molar-refractivity contribution < 1.29 is 4.79 Å². The van der Waals surface area contributed by atoms with Gasteiger partial charge in [0.2, 0.25) is 5.91 Å². The molecular formula is C13H23N5OS. The Bertz CT molecular complexity index is 507. The average Bonchev–Trinajstić information content (AvgIpc) is 2.65. The molecule has 0 fully saturated rings. The standard InChI is InChI=1S/C13H23N5OS/c1-6-18(7-2)10(19)8-16(4)13-11(12(14)20)9(3)15-17(13)5/h6-8H2,1-5H3,(H2,14,20). The van der Waals surface area contributed by atoms with Gasteiger partial charge >= 0.3 is 0 Å². The molecule has 1 amide bonds. The summed E-state index contributed by atoms with van der Waals surface area (Å²) in [6, 6.07) is 0. The van der Waals surface area contributed by atoms with Gasteiger partial charge in [-0.25, -0.2) is 0 Å². The first-order chi connectivity index (χ1) is 9.33. The van der Waals surface area contributed by atoms with Gasteiger partial charge in [-0.05, 0) is 20.8 Å². The molecule has 2 N–H and O–H groups in total. The molecule has 0 saturated carbocycles. The number of likely N-dealkylation sites (N-methyl/N-ethyl adjacent to an activating group) is 2. The fourth-order valence-corrected chi connectivity index (χ4v) is 2.57. The van der Waals surface area contributed by atoms with E-state index in [0.29, 0.717) is 18.1 Å². The second kappa shape index (κ2) is 6.69. The van der Waals surface area contributed by atoms with Crippen LogP contribution < -0.4 is 10.6 Å². The molecule has 0 atom stereocenters. The van der Waals surface area contributed by atoms with Crippen molar-refractivity contribution in [1.82, 2.24) is 14.7 Å². The van der Waals surface area contributed by atoms with Gasteiger partial charge in [-0.3, -0.25) is 9.48 Å². The highest BCUT2D eigenvalue weighted by molar-refractivity contribution is 7.80. The fraction of sp³-hybridized carbons (Fsp3) is 0.615. The van der Waals surface area contributed by atoms with E-state index in [1.54, 1.807) is 9.58 Å². The predicted octanol–water partition coefficient (Wildman–Crippen LogP) is 0.667. The third-order valence-corrected chi connectivity index (χ3v) is 3.49. The molecule has 0 aliphatic rings. The van der Waals surface area contributed by atoms with Crippen molar-refractivity contribution in [2.45, 2.75) is 20.8 Å². The maximum Gasteiger partial charge on any atom is 0.242 e. The van der Waals surface area contributed by atoms with Crippen LogP contribution in [0.4, 0.5) is 5.82 Å². The first kappa shape index (κ1) is 16.4. The predicted molar refractivity (Wildman–Crippen MR) is 85.0 cm³/mol. The Hall–Kier alpha value is -1.63. The molecule has 0 bridgehead atoms. The van der Waals surface area contributed by atoms with Gasteiger partial charge in [-0.2, -0.15) is 5.10 Å². The maximum absolute atomic E-state index is 12.2. The molecule has 1 aromatic rings. The largest absolute Gasteiger partial charge is 0.389 e. The lowest BCUT2D eigenvalue weighted by Gasteiger charge is -2.25. The van der Waals surface area contributed by atoms with Crippen molar-refractivity contribution >= 4 is 28.9 Å². The third-order valence-electron chi connectivity index (χ3n) is 3.29. The number of nitrogens with two attached hydrogens (primary N) is 1. The summed E-state index contributed by atoms with van der Waals surface area (Å²) >= 11 is 5.08. The monoisotopic (exact) mass is 297 g/mol. The van der Waals surface area contributed by atoms with Gasteiger partial charge in [-0.1, -0.05) is 12.2 Å². The maximum atomic E-state index is 12.2. The lowest BCUT2D eigenvalue weighted by molar-refractivity contribution is -0.129. The molecule has 0 aliphatic heterocycles. The minimum Gasteiger partial charge on any atom is -0.389 e. The molecule has 1 aromatic heterocycles. The molecule has 1 rings (SSSR count). The van der Waals surface area contributed by atoms with Crippen molar-refractivity contribution in [3.05, 3.63) is 11.3 Å². The van der Waals surface area contributed by atoms with Gasteiger partial charge in [0.15, 0.2) is 0 Å². The number of hydrogen-bond donors (Lipinski definition) is 1. The van der Waals surface area contributed by atoms with E-state index in [9.17, 15) is 4.79 Å². The molecule has 0 saturated heterocycles. The highest BCUT2D eigenvalue weighted by Crippen LogP contribution is 2.22.